The van der Waals surface area contributed by atoms with Crippen LogP contribution in [-0.4, -0.2) is 60.0 Å². The summed E-state index contributed by atoms with van der Waals surface area (Å²) in [5, 5.41) is 5.28. The van der Waals surface area contributed by atoms with E-state index < -0.39 is 25.8 Å². The Morgan fingerprint density at radius 2 is 1.61 bits per heavy atom. The average Bonchev–Trinajstić information content (AvgIpc) is 3.34. The summed E-state index contributed by atoms with van der Waals surface area (Å²) < 4.78 is 56.6. The molecule has 0 aliphatic heterocycles. The summed E-state index contributed by atoms with van der Waals surface area (Å²) in [6, 6.07) is 10.7. The molecule has 0 atom stereocenters. The number of hydrogen-bond acceptors (Lipinski definition) is 7. The lowest BCUT2D eigenvalue weighted by Crippen LogP contribution is -2.24. The van der Waals surface area contributed by atoms with Crippen molar-refractivity contribution in [3.8, 4) is 5.75 Å². The third kappa shape index (κ3) is 5.66. The Bertz CT molecular complexity index is 1200. The second-order valence-electron chi connectivity index (χ2n) is 8.03. The third-order valence-electron chi connectivity index (χ3n) is 5.58. The van der Waals surface area contributed by atoms with Crippen LogP contribution in [0.2, 0.25) is 0 Å². The van der Waals surface area contributed by atoms with Crippen LogP contribution in [0.5, 0.6) is 5.75 Å². The number of benzene rings is 2. The number of methoxy groups -OCH3 is 1. The Hall–Kier alpha value is -2.63. The first-order chi connectivity index (χ1) is 15.6. The maximum absolute atomic E-state index is 12.7. The zero-order chi connectivity index (χ0) is 24.2. The number of nitrogens with zero attached hydrogens (tertiary/aromatic N) is 1. The van der Waals surface area contributed by atoms with Gasteiger partial charge in [-0.1, -0.05) is 12.8 Å². The number of sulfone groups is 1. The molecular weight excluding hydrogens is 466 g/mol. The van der Waals surface area contributed by atoms with Crippen LogP contribution < -0.4 is 15.4 Å². The van der Waals surface area contributed by atoms with E-state index in [0.29, 0.717) is 24.2 Å². The first kappa shape index (κ1) is 25.0. The van der Waals surface area contributed by atoms with Gasteiger partial charge in [-0.2, -0.15) is 0 Å². The molecule has 0 saturated heterocycles. The molecule has 2 aromatic rings. The minimum atomic E-state index is -3.76. The van der Waals surface area contributed by atoms with Crippen LogP contribution in [0.25, 0.3) is 0 Å². The van der Waals surface area contributed by atoms with Gasteiger partial charge in [-0.3, -0.25) is 4.79 Å². The number of rotatable bonds is 9. The van der Waals surface area contributed by atoms with E-state index in [1.165, 1.54) is 33.3 Å². The van der Waals surface area contributed by atoms with Gasteiger partial charge >= 0.3 is 0 Å². The number of sulfonamides is 1. The molecular formula is C22H29N3O6S2. The molecule has 180 valence electrons. The Balaban J connectivity index is 1.64. The van der Waals surface area contributed by atoms with Crippen molar-refractivity contribution >= 4 is 37.1 Å². The van der Waals surface area contributed by atoms with E-state index in [1.807, 2.05) is 0 Å². The number of amides is 1. The van der Waals surface area contributed by atoms with E-state index in [2.05, 4.69) is 10.6 Å². The van der Waals surface area contributed by atoms with Crippen molar-refractivity contribution in [1.29, 1.82) is 0 Å². The van der Waals surface area contributed by atoms with Crippen LogP contribution in [0.1, 0.15) is 25.7 Å². The molecule has 1 aliphatic carbocycles. The highest BCUT2D eigenvalue weighted by molar-refractivity contribution is 7.92. The summed E-state index contributed by atoms with van der Waals surface area (Å²) in [6.07, 6.45) is 3.28. The van der Waals surface area contributed by atoms with Crippen LogP contribution in [0.3, 0.4) is 0 Å². The van der Waals surface area contributed by atoms with E-state index in [9.17, 15) is 21.6 Å². The molecule has 0 heterocycles. The molecule has 9 nitrogen and oxygen atoms in total. The second-order valence-corrected chi connectivity index (χ2v) is 12.4. The molecule has 2 N–H and O–H groups in total. The number of carbonyl (C=O) groups is 1. The highest BCUT2D eigenvalue weighted by atomic mass is 32.2. The number of hydrogen-bond donors (Lipinski definition) is 2. The molecule has 1 saturated carbocycles. The number of carbonyl (C=O) groups excluding carboxylic acids is 1. The predicted molar refractivity (Wildman–Crippen MR) is 127 cm³/mol. The average molecular weight is 496 g/mol. The molecule has 1 amide bonds. The number of ether oxygens (including phenoxy) is 1. The van der Waals surface area contributed by atoms with Gasteiger partial charge in [0.2, 0.25) is 15.9 Å². The van der Waals surface area contributed by atoms with E-state index in [0.717, 1.165) is 17.1 Å². The van der Waals surface area contributed by atoms with E-state index in [4.69, 9.17) is 4.74 Å². The Labute approximate surface area is 195 Å². The van der Waals surface area contributed by atoms with Crippen molar-refractivity contribution in [2.75, 3.05) is 38.4 Å². The van der Waals surface area contributed by atoms with Crippen LogP contribution in [0.15, 0.2) is 52.3 Å². The molecule has 0 bridgehead atoms. The van der Waals surface area contributed by atoms with Gasteiger partial charge in [-0.05, 0) is 55.3 Å². The number of anilines is 2. The monoisotopic (exact) mass is 495 g/mol. The Morgan fingerprint density at radius 1 is 1.00 bits per heavy atom. The van der Waals surface area contributed by atoms with Crippen molar-refractivity contribution in [1.82, 2.24) is 4.31 Å². The predicted octanol–water partition coefficient (Wildman–Crippen LogP) is 2.71. The van der Waals surface area contributed by atoms with Gasteiger partial charge in [0.1, 0.15) is 10.6 Å². The molecule has 1 fully saturated rings. The summed E-state index contributed by atoms with van der Waals surface area (Å²) in [7, 11) is -2.90. The summed E-state index contributed by atoms with van der Waals surface area (Å²) in [5.74, 6) is -0.219. The first-order valence-corrected chi connectivity index (χ1v) is 13.5. The zero-order valence-electron chi connectivity index (χ0n) is 18.9. The highest BCUT2D eigenvalue weighted by Crippen LogP contribution is 2.30. The standard InChI is InChI=1S/C22H29N3O6S2/c1-25(2)33(29,30)21-14-17(10-13-20(21)31-3)24-22(26)15-23-16-8-11-19(12-9-16)32(27,28)18-6-4-5-7-18/h8-14,18,23H,4-7,15H2,1-3H3,(H,24,26). The highest BCUT2D eigenvalue weighted by Gasteiger charge is 2.30. The number of nitrogens with one attached hydrogen (secondary N) is 2. The minimum Gasteiger partial charge on any atom is -0.495 e. The third-order valence-corrected chi connectivity index (χ3v) is 9.70. The smallest absolute Gasteiger partial charge is 0.246 e. The van der Waals surface area contributed by atoms with Gasteiger partial charge in [-0.15, -0.1) is 0 Å². The molecule has 3 rings (SSSR count). The molecule has 0 unspecified atom stereocenters. The van der Waals surface area contributed by atoms with E-state index in [-0.39, 0.29) is 27.3 Å². The fourth-order valence-electron chi connectivity index (χ4n) is 3.69. The lowest BCUT2D eigenvalue weighted by atomic mass is 10.3. The van der Waals surface area contributed by atoms with Crippen molar-refractivity contribution in [2.45, 2.75) is 40.7 Å². The quantitative estimate of drug-likeness (QED) is 0.548. The van der Waals surface area contributed by atoms with Crippen LogP contribution in [-0.2, 0) is 24.7 Å². The van der Waals surface area contributed by atoms with Crippen molar-refractivity contribution in [3.05, 3.63) is 42.5 Å². The molecule has 11 heteroatoms. The van der Waals surface area contributed by atoms with Gasteiger partial charge in [0.15, 0.2) is 9.84 Å². The SMILES string of the molecule is COc1ccc(NC(=O)CNc2ccc(S(=O)(=O)C3CCCC3)cc2)cc1S(=O)(=O)N(C)C. The van der Waals surface area contributed by atoms with Gasteiger partial charge in [0.05, 0.1) is 23.8 Å². The fraction of sp³-hybridized carbons (Fsp3) is 0.409. The summed E-state index contributed by atoms with van der Waals surface area (Å²) in [5.41, 5.74) is 0.905. The van der Waals surface area contributed by atoms with Crippen LogP contribution in [0, 0.1) is 0 Å². The summed E-state index contributed by atoms with van der Waals surface area (Å²) in [6.45, 7) is -0.0868. The first-order valence-electron chi connectivity index (χ1n) is 10.5. The van der Waals surface area contributed by atoms with Crippen LogP contribution >= 0.6 is 0 Å². The van der Waals surface area contributed by atoms with Gasteiger partial charge < -0.3 is 15.4 Å². The molecule has 0 spiro atoms. The Kier molecular flexibility index (Phi) is 7.65. The second kappa shape index (κ2) is 10.1. The largest absolute Gasteiger partial charge is 0.495 e. The van der Waals surface area contributed by atoms with Gasteiger partial charge in [0.25, 0.3) is 0 Å². The molecule has 1 aliphatic rings. The van der Waals surface area contributed by atoms with Crippen LogP contribution in [0.4, 0.5) is 11.4 Å². The van der Waals surface area contributed by atoms with Gasteiger partial charge in [0, 0.05) is 25.5 Å². The summed E-state index contributed by atoms with van der Waals surface area (Å²) in [4.78, 5) is 12.6. The van der Waals surface area contributed by atoms with E-state index in [1.54, 1.807) is 30.3 Å². The van der Waals surface area contributed by atoms with Crippen molar-refractivity contribution in [3.63, 3.8) is 0 Å². The molecule has 0 aromatic heterocycles. The minimum absolute atomic E-state index is 0.0557. The van der Waals surface area contributed by atoms with Crippen molar-refractivity contribution < 1.29 is 26.4 Å². The molecule has 33 heavy (non-hydrogen) atoms. The lowest BCUT2D eigenvalue weighted by Gasteiger charge is -2.16. The molecule has 2 aromatic carbocycles. The summed E-state index contributed by atoms with van der Waals surface area (Å²) >= 11 is 0. The van der Waals surface area contributed by atoms with Gasteiger partial charge in [-0.25, -0.2) is 21.1 Å². The maximum Gasteiger partial charge on any atom is 0.246 e. The zero-order valence-corrected chi connectivity index (χ0v) is 20.5. The Morgan fingerprint density at radius 3 is 2.18 bits per heavy atom. The van der Waals surface area contributed by atoms with Crippen molar-refractivity contribution in [2.24, 2.45) is 0 Å². The topological polar surface area (TPSA) is 122 Å². The normalized spacial score (nSPS) is 14.9. The molecule has 0 radical (unpaired) electrons. The lowest BCUT2D eigenvalue weighted by molar-refractivity contribution is -0.114. The maximum atomic E-state index is 12.7. The van der Waals surface area contributed by atoms with E-state index >= 15 is 0 Å². The fourth-order valence-corrected chi connectivity index (χ4v) is 6.62.